The van der Waals surface area contributed by atoms with E-state index in [0.717, 1.165) is 6.42 Å². The molecule has 1 atom stereocenters. The van der Waals surface area contributed by atoms with Crippen LogP contribution in [0.4, 0.5) is 0 Å². The van der Waals surface area contributed by atoms with Gasteiger partial charge in [0.2, 0.25) is 5.91 Å². The van der Waals surface area contributed by atoms with Gasteiger partial charge in [-0.3, -0.25) is 4.79 Å². The molecule has 1 amide bonds. The monoisotopic (exact) mass is 212 g/mol. The van der Waals surface area contributed by atoms with Gasteiger partial charge in [-0.2, -0.15) is 0 Å². The van der Waals surface area contributed by atoms with E-state index in [1.54, 1.807) is 6.08 Å². The molecular formula is C12H24N2O. The van der Waals surface area contributed by atoms with Crippen molar-refractivity contribution >= 4 is 5.91 Å². The van der Waals surface area contributed by atoms with Crippen molar-refractivity contribution in [1.29, 1.82) is 0 Å². The van der Waals surface area contributed by atoms with Crippen LogP contribution < -0.4 is 5.73 Å². The summed E-state index contributed by atoms with van der Waals surface area (Å²) in [6.07, 6.45) is 2.55. The number of carbonyl (C=O) groups is 1. The Morgan fingerprint density at radius 1 is 1.53 bits per heavy atom. The fourth-order valence-electron chi connectivity index (χ4n) is 1.49. The second-order valence-corrected chi connectivity index (χ2v) is 4.75. The molecule has 0 spiro atoms. The normalized spacial score (nSPS) is 13.4. The second-order valence-electron chi connectivity index (χ2n) is 4.75. The first-order valence-electron chi connectivity index (χ1n) is 5.50. The van der Waals surface area contributed by atoms with Gasteiger partial charge in [-0.1, -0.05) is 13.0 Å². The first kappa shape index (κ1) is 14.2. The van der Waals surface area contributed by atoms with Crippen LogP contribution in [0, 0.1) is 5.92 Å². The highest BCUT2D eigenvalue weighted by Crippen LogP contribution is 2.17. The van der Waals surface area contributed by atoms with Gasteiger partial charge >= 0.3 is 0 Å². The third kappa shape index (κ3) is 4.04. The zero-order valence-electron chi connectivity index (χ0n) is 10.4. The number of hydrogen-bond donors (Lipinski definition) is 1. The van der Waals surface area contributed by atoms with Crippen LogP contribution in [0.25, 0.3) is 0 Å². The Balaban J connectivity index is 4.76. The first-order valence-corrected chi connectivity index (χ1v) is 5.50. The highest BCUT2D eigenvalue weighted by molar-refractivity contribution is 5.79. The van der Waals surface area contributed by atoms with Crippen LogP contribution in [0.15, 0.2) is 12.7 Å². The fourth-order valence-corrected chi connectivity index (χ4v) is 1.49. The van der Waals surface area contributed by atoms with Crippen molar-refractivity contribution in [3.05, 3.63) is 12.7 Å². The van der Waals surface area contributed by atoms with E-state index in [0.29, 0.717) is 13.1 Å². The molecule has 2 N–H and O–H groups in total. The average molecular weight is 212 g/mol. The molecule has 0 aliphatic rings. The quantitative estimate of drug-likeness (QED) is 0.706. The number of rotatable bonds is 5. The summed E-state index contributed by atoms with van der Waals surface area (Å²) in [4.78, 5) is 14.0. The molecule has 1 unspecified atom stereocenters. The lowest BCUT2D eigenvalue weighted by atomic mass is 9.99. The lowest BCUT2D eigenvalue weighted by Crippen LogP contribution is -2.49. The van der Waals surface area contributed by atoms with E-state index >= 15 is 0 Å². The van der Waals surface area contributed by atoms with Gasteiger partial charge in [-0.25, -0.2) is 0 Å². The van der Waals surface area contributed by atoms with Gasteiger partial charge in [0.05, 0.1) is 5.92 Å². The van der Waals surface area contributed by atoms with Gasteiger partial charge in [0, 0.05) is 18.6 Å². The van der Waals surface area contributed by atoms with E-state index in [4.69, 9.17) is 5.73 Å². The third-order valence-electron chi connectivity index (χ3n) is 2.51. The summed E-state index contributed by atoms with van der Waals surface area (Å²) in [7, 11) is 0. The number of nitrogens with zero attached hydrogens (tertiary/aromatic N) is 1. The van der Waals surface area contributed by atoms with Crippen molar-refractivity contribution in [3.8, 4) is 0 Å². The maximum Gasteiger partial charge on any atom is 0.227 e. The standard InChI is InChI=1S/C12H24N2O/c1-6-8-14(12(3,4)5)11(15)10(7-2)9-13/h6,10H,1,7-9,13H2,2-5H3. The van der Waals surface area contributed by atoms with Crippen LogP contribution in [-0.2, 0) is 4.79 Å². The molecule has 0 saturated heterocycles. The Kier molecular flexibility index (Phi) is 5.58. The largest absolute Gasteiger partial charge is 0.334 e. The molecule has 0 aromatic heterocycles. The van der Waals surface area contributed by atoms with Gasteiger partial charge in [-0.05, 0) is 27.2 Å². The van der Waals surface area contributed by atoms with Gasteiger partial charge in [-0.15, -0.1) is 6.58 Å². The Hall–Kier alpha value is -0.830. The Labute approximate surface area is 93.3 Å². The Bertz CT molecular complexity index is 214. The molecule has 0 aliphatic heterocycles. The molecule has 0 aromatic carbocycles. The summed E-state index contributed by atoms with van der Waals surface area (Å²) in [5, 5.41) is 0. The molecule has 3 heteroatoms. The van der Waals surface area contributed by atoms with Crippen LogP contribution in [-0.4, -0.2) is 29.4 Å². The smallest absolute Gasteiger partial charge is 0.227 e. The Morgan fingerprint density at radius 2 is 2.07 bits per heavy atom. The molecule has 88 valence electrons. The zero-order chi connectivity index (χ0) is 12.1. The van der Waals surface area contributed by atoms with Crippen molar-refractivity contribution < 1.29 is 4.79 Å². The average Bonchev–Trinajstić information content (AvgIpc) is 2.14. The molecule has 0 fully saturated rings. The lowest BCUT2D eigenvalue weighted by Gasteiger charge is -2.37. The molecule has 0 aromatic rings. The van der Waals surface area contributed by atoms with Crippen LogP contribution in [0.5, 0.6) is 0 Å². The molecule has 15 heavy (non-hydrogen) atoms. The van der Waals surface area contributed by atoms with Crippen molar-refractivity contribution in [3.63, 3.8) is 0 Å². The molecule has 0 rings (SSSR count). The molecular weight excluding hydrogens is 188 g/mol. The van der Waals surface area contributed by atoms with Gasteiger partial charge < -0.3 is 10.6 Å². The zero-order valence-corrected chi connectivity index (χ0v) is 10.4. The lowest BCUT2D eigenvalue weighted by molar-refractivity contribution is -0.139. The van der Waals surface area contributed by atoms with Gasteiger partial charge in [0.15, 0.2) is 0 Å². The van der Waals surface area contributed by atoms with Crippen LogP contribution in [0.3, 0.4) is 0 Å². The Morgan fingerprint density at radius 3 is 2.33 bits per heavy atom. The molecule has 3 nitrogen and oxygen atoms in total. The van der Waals surface area contributed by atoms with Gasteiger partial charge in [0.1, 0.15) is 0 Å². The maximum absolute atomic E-state index is 12.1. The highest BCUT2D eigenvalue weighted by Gasteiger charge is 2.29. The number of nitrogens with two attached hydrogens (primary N) is 1. The summed E-state index contributed by atoms with van der Waals surface area (Å²) >= 11 is 0. The van der Waals surface area contributed by atoms with E-state index in [-0.39, 0.29) is 17.4 Å². The van der Waals surface area contributed by atoms with E-state index in [9.17, 15) is 4.79 Å². The van der Waals surface area contributed by atoms with E-state index < -0.39 is 0 Å². The minimum atomic E-state index is -0.173. The van der Waals surface area contributed by atoms with Crippen LogP contribution in [0.1, 0.15) is 34.1 Å². The third-order valence-corrected chi connectivity index (χ3v) is 2.51. The summed E-state index contributed by atoms with van der Waals surface area (Å²) in [5.74, 6) is 0.0663. The summed E-state index contributed by atoms with van der Waals surface area (Å²) in [6.45, 7) is 12.7. The second kappa shape index (κ2) is 5.91. The maximum atomic E-state index is 12.1. The van der Waals surface area contributed by atoms with Gasteiger partial charge in [0.25, 0.3) is 0 Å². The predicted molar refractivity (Wildman–Crippen MR) is 64.5 cm³/mol. The van der Waals surface area contributed by atoms with E-state index in [1.165, 1.54) is 0 Å². The molecule has 0 bridgehead atoms. The fraction of sp³-hybridized carbons (Fsp3) is 0.750. The summed E-state index contributed by atoms with van der Waals surface area (Å²) < 4.78 is 0. The SMILES string of the molecule is C=CCN(C(=O)C(CC)CN)C(C)(C)C. The molecule has 0 radical (unpaired) electrons. The number of hydrogen-bond acceptors (Lipinski definition) is 2. The summed E-state index contributed by atoms with van der Waals surface area (Å²) in [6, 6.07) is 0. The summed E-state index contributed by atoms with van der Waals surface area (Å²) in [5.41, 5.74) is 5.42. The van der Waals surface area contributed by atoms with Crippen molar-refractivity contribution in [2.75, 3.05) is 13.1 Å². The number of carbonyl (C=O) groups excluding carboxylic acids is 1. The first-order chi connectivity index (χ1) is 6.88. The van der Waals surface area contributed by atoms with Crippen molar-refractivity contribution in [1.82, 2.24) is 4.90 Å². The van der Waals surface area contributed by atoms with Crippen molar-refractivity contribution in [2.45, 2.75) is 39.7 Å². The van der Waals surface area contributed by atoms with E-state index in [1.807, 2.05) is 32.6 Å². The number of amides is 1. The minimum Gasteiger partial charge on any atom is -0.334 e. The van der Waals surface area contributed by atoms with Crippen LogP contribution >= 0.6 is 0 Å². The predicted octanol–water partition coefficient (Wildman–Crippen LogP) is 1.78. The molecule has 0 heterocycles. The minimum absolute atomic E-state index is 0.0656. The molecule has 0 aliphatic carbocycles. The highest BCUT2D eigenvalue weighted by atomic mass is 16.2. The van der Waals surface area contributed by atoms with Crippen molar-refractivity contribution in [2.24, 2.45) is 11.7 Å². The van der Waals surface area contributed by atoms with Crippen LogP contribution in [0.2, 0.25) is 0 Å². The van der Waals surface area contributed by atoms with E-state index in [2.05, 4.69) is 6.58 Å². The topological polar surface area (TPSA) is 46.3 Å². The molecule has 0 saturated carbocycles.